The maximum absolute atomic E-state index is 13.1. The lowest BCUT2D eigenvalue weighted by molar-refractivity contribution is -0.161. The van der Waals surface area contributed by atoms with E-state index in [1.165, 1.54) is 212 Å². The van der Waals surface area contributed by atoms with Crippen LogP contribution < -0.4 is 0 Å². The number of aliphatic hydroxyl groups is 1. The van der Waals surface area contributed by atoms with Crippen LogP contribution in [0.1, 0.15) is 414 Å². The molecule has 3 unspecified atom stereocenters. The van der Waals surface area contributed by atoms with Crippen molar-refractivity contribution in [2.24, 2.45) is 11.8 Å². The fourth-order valence-electron chi connectivity index (χ4n) is 12.3. The molecule has 0 aromatic heterocycles. The van der Waals surface area contributed by atoms with E-state index >= 15 is 0 Å². The van der Waals surface area contributed by atoms with Crippen molar-refractivity contribution < 1.29 is 80.2 Å². The molecule has 0 aliphatic rings. The number of hydrogen-bond acceptors (Lipinski definition) is 15. The Kier molecular flexibility index (Phi) is 72.2. The van der Waals surface area contributed by atoms with Gasteiger partial charge in [0.15, 0.2) is 12.2 Å². The molecule has 0 spiro atoms. The molecule has 0 amide bonds. The van der Waals surface area contributed by atoms with Gasteiger partial charge in [0, 0.05) is 25.7 Å². The van der Waals surface area contributed by atoms with Gasteiger partial charge in [-0.3, -0.25) is 37.3 Å². The summed E-state index contributed by atoms with van der Waals surface area (Å²) in [5.74, 6) is -0.594. The van der Waals surface area contributed by atoms with E-state index in [9.17, 15) is 43.2 Å². The third-order valence-electron chi connectivity index (χ3n) is 19.2. The van der Waals surface area contributed by atoms with Gasteiger partial charge in [-0.1, -0.05) is 361 Å². The summed E-state index contributed by atoms with van der Waals surface area (Å²) in [5, 5.41) is 10.6. The summed E-state index contributed by atoms with van der Waals surface area (Å²) in [6.07, 6.45) is 67.6. The fourth-order valence-corrected chi connectivity index (χ4v) is 13.9. The third kappa shape index (κ3) is 74.4. The molecule has 17 nitrogen and oxygen atoms in total. The van der Waals surface area contributed by atoms with Crippen LogP contribution in [0.15, 0.2) is 24.3 Å². The molecule has 0 fully saturated rings. The first-order chi connectivity index (χ1) is 49.4. The Bertz CT molecular complexity index is 2060. The first-order valence-electron chi connectivity index (χ1n) is 42.3. The maximum atomic E-state index is 13.1. The van der Waals surface area contributed by atoms with Gasteiger partial charge >= 0.3 is 39.5 Å². The number of rotatable bonds is 80. The summed E-state index contributed by atoms with van der Waals surface area (Å²) in [7, 11) is -9.93. The zero-order valence-electron chi connectivity index (χ0n) is 66.4. The van der Waals surface area contributed by atoms with E-state index < -0.39 is 97.5 Å². The predicted molar refractivity (Wildman–Crippen MR) is 418 cm³/mol. The van der Waals surface area contributed by atoms with E-state index in [-0.39, 0.29) is 25.7 Å². The number of carbonyl (C=O) groups is 4. The number of carbonyl (C=O) groups excluding carboxylic acids is 4. The Morgan fingerprint density at radius 2 is 0.578 bits per heavy atom. The van der Waals surface area contributed by atoms with Crippen molar-refractivity contribution >= 4 is 39.5 Å². The zero-order valence-corrected chi connectivity index (χ0v) is 68.2. The lowest BCUT2D eigenvalue weighted by atomic mass is 9.99. The van der Waals surface area contributed by atoms with Crippen molar-refractivity contribution in [2.75, 3.05) is 39.6 Å². The van der Waals surface area contributed by atoms with Gasteiger partial charge in [0.25, 0.3) is 0 Å². The van der Waals surface area contributed by atoms with Crippen molar-refractivity contribution in [1.82, 2.24) is 0 Å². The van der Waals surface area contributed by atoms with Crippen LogP contribution in [0, 0.1) is 11.8 Å². The van der Waals surface area contributed by atoms with Gasteiger partial charge in [-0.05, 0) is 63.2 Å². The van der Waals surface area contributed by atoms with Crippen LogP contribution in [0.25, 0.3) is 0 Å². The molecule has 0 aliphatic carbocycles. The van der Waals surface area contributed by atoms with E-state index in [0.29, 0.717) is 31.6 Å². The number of phosphoric ester groups is 2. The molecule has 0 aliphatic heterocycles. The van der Waals surface area contributed by atoms with Crippen molar-refractivity contribution in [3.05, 3.63) is 24.3 Å². The molecule has 19 heteroatoms. The smallest absolute Gasteiger partial charge is 0.462 e. The summed E-state index contributed by atoms with van der Waals surface area (Å²) in [6, 6.07) is 0. The minimum Gasteiger partial charge on any atom is -0.462 e. The van der Waals surface area contributed by atoms with Gasteiger partial charge in [0.2, 0.25) is 0 Å². The SMILES string of the molecule is CCCCCC/C=C\C=C/CCCCCCCC(=O)O[C@H](COC(=O)CCCCCCCCC(C)C)COP(=O)(O)OC[C@H](O)COP(=O)(O)OC[C@@H](COC(=O)CCCCCCCCCCCCCCCCCC)OC(=O)CCCCCCCCCCCCCCCCCCCCC(C)CC. The number of esters is 4. The molecule has 0 heterocycles. The number of hydrogen-bond donors (Lipinski definition) is 3. The van der Waals surface area contributed by atoms with Crippen molar-refractivity contribution in [2.45, 2.75) is 432 Å². The molecular weight excluding hydrogens is 1330 g/mol. The Balaban J connectivity index is 5.23. The minimum atomic E-state index is -4.97. The number of phosphoric acid groups is 2. The Morgan fingerprint density at radius 3 is 0.882 bits per heavy atom. The Labute approximate surface area is 624 Å². The fraction of sp³-hybridized carbons (Fsp3) is 0.904. The molecule has 0 rings (SSSR count). The lowest BCUT2D eigenvalue weighted by Gasteiger charge is -2.21. The van der Waals surface area contributed by atoms with Crippen LogP contribution >= 0.6 is 15.6 Å². The quantitative estimate of drug-likeness (QED) is 0.0169. The summed E-state index contributed by atoms with van der Waals surface area (Å²) in [5.41, 5.74) is 0. The van der Waals surface area contributed by atoms with Crippen LogP contribution in [0.4, 0.5) is 0 Å². The van der Waals surface area contributed by atoms with Crippen LogP contribution in [0.2, 0.25) is 0 Å². The van der Waals surface area contributed by atoms with Gasteiger partial charge in [-0.25, -0.2) is 9.13 Å². The highest BCUT2D eigenvalue weighted by atomic mass is 31.2. The normalized spacial score (nSPS) is 14.3. The van der Waals surface area contributed by atoms with Crippen LogP contribution in [0.3, 0.4) is 0 Å². The number of aliphatic hydroxyl groups excluding tert-OH is 1. The van der Waals surface area contributed by atoms with Gasteiger partial charge < -0.3 is 33.8 Å². The highest BCUT2D eigenvalue weighted by Gasteiger charge is 2.30. The van der Waals surface area contributed by atoms with Crippen molar-refractivity contribution in [1.29, 1.82) is 0 Å². The third-order valence-corrected chi connectivity index (χ3v) is 21.1. The Hall–Kier alpha value is -2.46. The van der Waals surface area contributed by atoms with Gasteiger partial charge in [0.05, 0.1) is 26.4 Å². The summed E-state index contributed by atoms with van der Waals surface area (Å²) in [4.78, 5) is 73.0. The molecule has 102 heavy (non-hydrogen) atoms. The maximum Gasteiger partial charge on any atom is 0.472 e. The summed E-state index contributed by atoms with van der Waals surface area (Å²) < 4.78 is 68.7. The van der Waals surface area contributed by atoms with Gasteiger partial charge in [-0.2, -0.15) is 0 Å². The van der Waals surface area contributed by atoms with E-state index in [0.717, 1.165) is 115 Å². The monoisotopic (exact) mass is 1490 g/mol. The first-order valence-corrected chi connectivity index (χ1v) is 45.3. The topological polar surface area (TPSA) is 237 Å². The molecule has 6 atom stereocenters. The van der Waals surface area contributed by atoms with Gasteiger partial charge in [0.1, 0.15) is 19.3 Å². The van der Waals surface area contributed by atoms with Crippen LogP contribution in [-0.4, -0.2) is 96.7 Å². The molecule has 0 saturated carbocycles. The number of unbranched alkanes of at least 4 members (excludes halogenated alkanes) is 46. The Morgan fingerprint density at radius 1 is 0.324 bits per heavy atom. The van der Waals surface area contributed by atoms with Gasteiger partial charge in [-0.15, -0.1) is 0 Å². The first kappa shape index (κ1) is 99.5. The highest BCUT2D eigenvalue weighted by molar-refractivity contribution is 7.47. The second kappa shape index (κ2) is 74.0. The standard InChI is InChI=1S/C83H158O17P2/c1-7-10-12-14-16-18-20-22-24-31-34-38-42-46-53-59-65-80(85)93-71-78(99-82(87)67-62-56-48-44-40-36-32-28-26-25-27-30-33-37-41-45-52-58-64-76(6)9-3)73-97-101(89,90)95-69-77(84)70-96-102(91,92)98-74-79(72-94-81(86)66-60-54-50-49-51-57-63-75(4)5)100-83(88)68-61-55-47-43-39-35-29-23-21-19-17-15-13-11-8-2/h19,21,23,29,75-79,84H,7-18,20,22,24-28,30-74H2,1-6H3,(H,89,90)(H,91,92)/b21-19-,29-23-/t76?,77-,78-,79-/m1/s1. The average Bonchev–Trinajstić information content (AvgIpc) is 0.942. The molecule has 0 aromatic rings. The largest absolute Gasteiger partial charge is 0.472 e. The molecule has 602 valence electrons. The molecule has 0 bridgehead atoms. The second-order valence-electron chi connectivity index (χ2n) is 29.9. The lowest BCUT2D eigenvalue weighted by Crippen LogP contribution is -2.30. The van der Waals surface area contributed by atoms with Crippen molar-refractivity contribution in [3.63, 3.8) is 0 Å². The molecule has 0 saturated heterocycles. The predicted octanol–water partition coefficient (Wildman–Crippen LogP) is 24.6. The zero-order chi connectivity index (χ0) is 74.9. The van der Waals surface area contributed by atoms with Crippen molar-refractivity contribution in [3.8, 4) is 0 Å². The van der Waals surface area contributed by atoms with E-state index in [1.807, 2.05) is 0 Å². The van der Waals surface area contributed by atoms with Crippen LogP contribution in [-0.2, 0) is 65.4 Å². The number of allylic oxidation sites excluding steroid dienone is 4. The number of ether oxygens (including phenoxy) is 4. The van der Waals surface area contributed by atoms with E-state index in [2.05, 4.69) is 65.8 Å². The summed E-state index contributed by atoms with van der Waals surface area (Å²) in [6.45, 7) is 9.56. The van der Waals surface area contributed by atoms with E-state index in [1.54, 1.807) is 0 Å². The molecule has 0 aromatic carbocycles. The molecule has 3 N–H and O–H groups in total. The van der Waals surface area contributed by atoms with E-state index in [4.69, 9.17) is 37.0 Å². The van der Waals surface area contributed by atoms with Crippen LogP contribution in [0.5, 0.6) is 0 Å². The average molecular weight is 1490 g/mol. The molecular formula is C83H158O17P2. The summed E-state index contributed by atoms with van der Waals surface area (Å²) >= 11 is 0. The minimum absolute atomic E-state index is 0.0842. The molecule has 0 radical (unpaired) electrons. The second-order valence-corrected chi connectivity index (χ2v) is 32.8. The highest BCUT2D eigenvalue weighted by Crippen LogP contribution is 2.45.